The van der Waals surface area contributed by atoms with Crippen LogP contribution in [0.1, 0.15) is 112 Å². The molecule has 0 aliphatic heterocycles. The molecule has 1 nitrogen and oxygen atoms in total. The third kappa shape index (κ3) is 11.9. The highest BCUT2D eigenvalue weighted by atomic mass is 32.1. The van der Waals surface area contributed by atoms with Crippen LogP contribution in [0.5, 0.6) is 0 Å². The first-order chi connectivity index (χ1) is 23.0. The van der Waals surface area contributed by atoms with E-state index in [0.717, 1.165) is 51.6 Å². The number of hydrogen-bond donors (Lipinski definition) is 1. The molecule has 250 valence electrons. The van der Waals surface area contributed by atoms with Crippen LogP contribution in [0.15, 0.2) is 58.7 Å². The molecular formula is C44H46OS3Si. The van der Waals surface area contributed by atoms with Gasteiger partial charge in [-0.25, -0.2) is 0 Å². The van der Waals surface area contributed by atoms with Gasteiger partial charge >= 0.3 is 0 Å². The van der Waals surface area contributed by atoms with Gasteiger partial charge in [0, 0.05) is 22.3 Å². The molecule has 0 aromatic carbocycles. The summed E-state index contributed by atoms with van der Waals surface area (Å²) < 4.78 is 0. The summed E-state index contributed by atoms with van der Waals surface area (Å²) in [5.74, 6) is 35.5. The van der Waals surface area contributed by atoms with E-state index in [-0.39, 0.29) is 0 Å². The Kier molecular flexibility index (Phi) is 14.3. The molecule has 0 aliphatic carbocycles. The molecule has 0 atom stereocenters. The van der Waals surface area contributed by atoms with E-state index in [1.807, 2.05) is 52.0 Å². The lowest BCUT2D eigenvalue weighted by Crippen LogP contribution is -2.43. The minimum Gasteiger partial charge on any atom is -0.378 e. The number of aliphatic hydroxyl groups is 1. The van der Waals surface area contributed by atoms with Crippen LogP contribution in [-0.4, -0.2) is 18.8 Å². The standard InChI is InChI=1S/C44H46OS3Si/c1-31(2)49(32(3)4,33(5)6)30-28-43-26-24-41(48-43)20-16-37(10)35(8)14-18-39-22-21-38(46-39)17-13-34(7)36(9)15-19-40-23-25-42(47-40)27-29-44(11,12)45/h21-26,31-33,45H,1-12H3/b36-34+,37-35+. The maximum absolute atomic E-state index is 9.80. The third-order valence-electron chi connectivity index (χ3n) is 8.20. The van der Waals surface area contributed by atoms with E-state index in [9.17, 15) is 5.11 Å². The molecule has 3 rings (SSSR count). The Bertz CT molecular complexity index is 2090. The molecular weight excluding hydrogens is 669 g/mol. The van der Waals surface area contributed by atoms with Gasteiger partial charge in [-0.2, -0.15) is 0 Å². The van der Waals surface area contributed by atoms with Crippen LogP contribution in [0.2, 0.25) is 16.6 Å². The predicted molar refractivity (Wildman–Crippen MR) is 218 cm³/mol. The van der Waals surface area contributed by atoms with Crippen molar-refractivity contribution in [1.82, 2.24) is 0 Å². The van der Waals surface area contributed by atoms with Crippen molar-refractivity contribution >= 4 is 42.1 Å². The molecule has 0 aliphatic rings. The van der Waals surface area contributed by atoms with E-state index in [4.69, 9.17) is 0 Å². The lowest BCUT2D eigenvalue weighted by Gasteiger charge is -2.38. The lowest BCUT2D eigenvalue weighted by atomic mass is 10.1. The van der Waals surface area contributed by atoms with E-state index in [0.29, 0.717) is 16.6 Å². The number of thiophene rings is 3. The topological polar surface area (TPSA) is 20.2 Å². The SMILES string of the molecule is C/C(C#Cc1ccc(C#C/C(C)=C(\C)C#Cc2ccc(C#C[Si](C(C)C)(C(C)C)C(C)C)s2)s1)=C(/C)C#Cc1ccc(C#CC(C)(C)O)s1. The fourth-order valence-corrected chi connectivity index (χ4v) is 12.7. The highest BCUT2D eigenvalue weighted by molar-refractivity contribution is 7.13. The van der Waals surface area contributed by atoms with Gasteiger partial charge in [0.1, 0.15) is 13.7 Å². The molecule has 5 heteroatoms. The summed E-state index contributed by atoms with van der Waals surface area (Å²) >= 11 is 4.77. The number of hydrogen-bond acceptors (Lipinski definition) is 4. The Morgan fingerprint density at radius 1 is 0.510 bits per heavy atom. The van der Waals surface area contributed by atoms with Gasteiger partial charge in [0.05, 0.1) is 29.3 Å². The van der Waals surface area contributed by atoms with Gasteiger partial charge in [0.2, 0.25) is 0 Å². The first-order valence-corrected chi connectivity index (χ1v) is 21.2. The van der Waals surface area contributed by atoms with Crippen molar-refractivity contribution in [2.24, 2.45) is 0 Å². The molecule has 0 spiro atoms. The van der Waals surface area contributed by atoms with Crippen molar-refractivity contribution in [3.8, 4) is 70.7 Å². The van der Waals surface area contributed by atoms with Gasteiger partial charge in [-0.05, 0) is 94.6 Å². The van der Waals surface area contributed by atoms with E-state index < -0.39 is 13.7 Å². The quantitative estimate of drug-likeness (QED) is 0.212. The zero-order valence-electron chi connectivity index (χ0n) is 30.9. The van der Waals surface area contributed by atoms with Crippen molar-refractivity contribution in [3.63, 3.8) is 0 Å². The average Bonchev–Trinajstić information content (AvgIpc) is 3.80. The summed E-state index contributed by atoms with van der Waals surface area (Å²) in [6.07, 6.45) is 0. The summed E-state index contributed by atoms with van der Waals surface area (Å²) in [5.41, 5.74) is 8.44. The molecule has 0 amide bonds. The maximum atomic E-state index is 9.80. The van der Waals surface area contributed by atoms with Crippen LogP contribution in [-0.2, 0) is 0 Å². The monoisotopic (exact) mass is 714 g/mol. The largest absolute Gasteiger partial charge is 0.378 e. The van der Waals surface area contributed by atoms with Crippen LogP contribution in [0.3, 0.4) is 0 Å². The molecule has 3 aromatic heterocycles. The van der Waals surface area contributed by atoms with Gasteiger partial charge in [-0.1, -0.05) is 107 Å². The van der Waals surface area contributed by atoms with E-state index >= 15 is 0 Å². The highest BCUT2D eigenvalue weighted by Crippen LogP contribution is 2.41. The third-order valence-corrected chi connectivity index (χ3v) is 17.2. The van der Waals surface area contributed by atoms with Gasteiger partial charge in [0.25, 0.3) is 0 Å². The summed E-state index contributed by atoms with van der Waals surface area (Å²) in [6.45, 7) is 25.4. The fraction of sp³-hybridized carbons (Fsp3) is 0.364. The Hall–Kier alpha value is -3.88. The molecule has 0 radical (unpaired) electrons. The van der Waals surface area contributed by atoms with Crippen LogP contribution in [0.25, 0.3) is 0 Å². The molecule has 0 bridgehead atoms. The first kappa shape index (κ1) is 39.6. The summed E-state index contributed by atoms with van der Waals surface area (Å²) in [4.78, 5) is 5.85. The Morgan fingerprint density at radius 2 is 0.776 bits per heavy atom. The Balaban J connectivity index is 1.68. The van der Waals surface area contributed by atoms with Gasteiger partial charge < -0.3 is 5.11 Å². The minimum atomic E-state index is -1.76. The van der Waals surface area contributed by atoms with Gasteiger partial charge in [-0.15, -0.1) is 39.6 Å². The number of rotatable bonds is 3. The highest BCUT2D eigenvalue weighted by Gasteiger charge is 2.41. The van der Waals surface area contributed by atoms with Crippen molar-refractivity contribution in [3.05, 3.63) is 88.0 Å². The Labute approximate surface area is 309 Å². The Morgan fingerprint density at radius 3 is 1.04 bits per heavy atom. The molecule has 3 heterocycles. The molecule has 0 fully saturated rings. The molecule has 49 heavy (non-hydrogen) atoms. The van der Waals surface area contributed by atoms with Crippen LogP contribution < -0.4 is 0 Å². The fourth-order valence-electron chi connectivity index (χ4n) is 5.23. The van der Waals surface area contributed by atoms with Crippen molar-refractivity contribution in [1.29, 1.82) is 0 Å². The maximum Gasteiger partial charge on any atom is 0.146 e. The van der Waals surface area contributed by atoms with E-state index in [2.05, 4.69) is 124 Å². The lowest BCUT2D eigenvalue weighted by molar-refractivity contribution is 0.143. The number of allylic oxidation sites excluding steroid dienone is 4. The first-order valence-electron chi connectivity index (χ1n) is 16.5. The van der Waals surface area contributed by atoms with Crippen molar-refractivity contribution in [2.45, 2.75) is 105 Å². The van der Waals surface area contributed by atoms with Crippen LogP contribution >= 0.6 is 34.0 Å². The van der Waals surface area contributed by atoms with Crippen LogP contribution in [0, 0.1) is 70.7 Å². The van der Waals surface area contributed by atoms with Gasteiger partial charge in [-0.3, -0.25) is 0 Å². The second-order valence-corrected chi connectivity index (χ2v) is 22.3. The average molecular weight is 715 g/mol. The smallest absolute Gasteiger partial charge is 0.146 e. The van der Waals surface area contributed by atoms with Crippen molar-refractivity contribution in [2.75, 3.05) is 0 Å². The van der Waals surface area contributed by atoms with E-state index in [1.54, 1.807) is 36.5 Å². The molecule has 1 N–H and O–H groups in total. The van der Waals surface area contributed by atoms with E-state index in [1.165, 1.54) is 11.3 Å². The molecule has 0 unspecified atom stereocenters. The zero-order valence-corrected chi connectivity index (χ0v) is 34.3. The van der Waals surface area contributed by atoms with Gasteiger partial charge in [0.15, 0.2) is 0 Å². The molecule has 0 saturated carbocycles. The van der Waals surface area contributed by atoms with Crippen molar-refractivity contribution < 1.29 is 5.11 Å². The predicted octanol–water partition coefficient (Wildman–Crippen LogP) is 11.0. The summed E-state index contributed by atoms with van der Waals surface area (Å²) in [6, 6.07) is 12.1. The second-order valence-electron chi connectivity index (χ2n) is 13.4. The molecule has 3 aromatic rings. The van der Waals surface area contributed by atoms with Crippen LogP contribution in [0.4, 0.5) is 0 Å². The zero-order chi connectivity index (χ0) is 36.4. The summed E-state index contributed by atoms with van der Waals surface area (Å²) in [7, 11) is -1.76. The second kappa shape index (κ2) is 17.7. The summed E-state index contributed by atoms with van der Waals surface area (Å²) in [5, 5.41) is 9.80. The normalized spacial score (nSPS) is 12.0. The minimum absolute atomic E-state index is 0.617. The molecule has 0 saturated heterocycles.